The zero-order valence-corrected chi connectivity index (χ0v) is 22.7. The van der Waals surface area contributed by atoms with Crippen LogP contribution in [0, 0.1) is 0 Å². The van der Waals surface area contributed by atoms with Gasteiger partial charge in [-0.3, -0.25) is 4.79 Å². The maximum Gasteiger partial charge on any atom is 0.336 e. The Balaban J connectivity index is 1.83. The number of allylic oxidation sites excluding steroid dienone is 3. The van der Waals surface area contributed by atoms with Gasteiger partial charge in [0, 0.05) is 33.4 Å². The highest BCUT2D eigenvalue weighted by atomic mass is 79.9. The Labute approximate surface area is 219 Å². The molecule has 2 atom stereocenters. The number of ether oxygens (including phenoxy) is 4. The average molecular weight is 556 g/mol. The van der Waals surface area contributed by atoms with Gasteiger partial charge < -0.3 is 24.3 Å². The van der Waals surface area contributed by atoms with Crippen molar-refractivity contribution in [3.63, 3.8) is 0 Å². The number of hydrogen-bond donors (Lipinski definition) is 1. The minimum atomic E-state index is -0.605. The van der Waals surface area contributed by atoms with Crippen LogP contribution in [0.1, 0.15) is 49.7 Å². The molecule has 1 N–H and O–H groups in total. The molecular formula is C28H30BrNO6. The lowest BCUT2D eigenvalue weighted by Crippen LogP contribution is -2.36. The van der Waals surface area contributed by atoms with Gasteiger partial charge >= 0.3 is 5.97 Å². The Morgan fingerprint density at radius 1 is 1.00 bits per heavy atom. The molecule has 0 fully saturated rings. The Hall–Kier alpha value is -3.26. The Morgan fingerprint density at radius 2 is 1.69 bits per heavy atom. The van der Waals surface area contributed by atoms with Crippen molar-refractivity contribution in [1.29, 1.82) is 0 Å². The predicted octanol–water partition coefficient (Wildman–Crippen LogP) is 5.40. The molecule has 0 saturated carbocycles. The van der Waals surface area contributed by atoms with E-state index in [-0.39, 0.29) is 18.3 Å². The number of Topliss-reactive ketones (excluding diaryl/α,β-unsaturated/α-hetero) is 1. The first-order valence-corrected chi connectivity index (χ1v) is 12.6. The van der Waals surface area contributed by atoms with Crippen molar-refractivity contribution < 1.29 is 28.5 Å². The second kappa shape index (κ2) is 10.8. The number of carbonyl (C=O) groups excluding carboxylic acids is 2. The lowest BCUT2D eigenvalue weighted by Gasteiger charge is -2.37. The number of benzene rings is 2. The number of esters is 1. The minimum absolute atomic E-state index is 0.0233. The highest BCUT2D eigenvalue weighted by Gasteiger charge is 2.42. The number of methoxy groups -OCH3 is 3. The molecule has 0 saturated heterocycles. The predicted molar refractivity (Wildman–Crippen MR) is 139 cm³/mol. The third-order valence-electron chi connectivity index (χ3n) is 6.70. The standard InChI is InChI=1S/C28H30BrNO6/c1-6-36-28(32)25-15(2)30-20-11-17(16-7-9-23(34-4)24(13-16)35-5)12-21(31)27(20)26(25)19-14-18(29)8-10-22(19)33-3/h7-10,13-14,17,26,30H,6,11-12H2,1-5H3/t17-,26+/m1/s1. The van der Waals surface area contributed by atoms with Crippen molar-refractivity contribution in [2.24, 2.45) is 0 Å². The van der Waals surface area contributed by atoms with E-state index in [4.69, 9.17) is 18.9 Å². The fourth-order valence-electron chi connectivity index (χ4n) is 5.10. The number of hydrogen-bond acceptors (Lipinski definition) is 7. The summed E-state index contributed by atoms with van der Waals surface area (Å²) in [7, 11) is 4.77. The van der Waals surface area contributed by atoms with E-state index in [0.29, 0.717) is 46.9 Å². The number of carbonyl (C=O) groups is 2. The van der Waals surface area contributed by atoms with E-state index in [1.54, 1.807) is 28.3 Å². The quantitative estimate of drug-likeness (QED) is 0.458. The number of ketones is 1. The summed E-state index contributed by atoms with van der Waals surface area (Å²) in [4.78, 5) is 27.0. The molecule has 7 nitrogen and oxygen atoms in total. The number of rotatable bonds is 7. The van der Waals surface area contributed by atoms with Gasteiger partial charge in [0.2, 0.25) is 0 Å². The van der Waals surface area contributed by atoms with Crippen molar-refractivity contribution in [1.82, 2.24) is 5.32 Å². The maximum absolute atomic E-state index is 13.8. The van der Waals surface area contributed by atoms with Crippen LogP contribution < -0.4 is 19.5 Å². The second-order valence-corrected chi connectivity index (χ2v) is 9.65. The number of nitrogens with one attached hydrogen (secondary N) is 1. The smallest absolute Gasteiger partial charge is 0.336 e. The molecule has 2 aromatic carbocycles. The lowest BCUT2D eigenvalue weighted by molar-refractivity contribution is -0.138. The first-order chi connectivity index (χ1) is 17.3. The number of halogens is 1. The second-order valence-electron chi connectivity index (χ2n) is 8.74. The summed E-state index contributed by atoms with van der Waals surface area (Å²) in [5.41, 5.74) is 4.20. The van der Waals surface area contributed by atoms with Crippen molar-refractivity contribution in [3.8, 4) is 17.2 Å². The monoisotopic (exact) mass is 555 g/mol. The Kier molecular flexibility index (Phi) is 7.73. The largest absolute Gasteiger partial charge is 0.496 e. The molecule has 1 aliphatic heterocycles. The Bertz CT molecular complexity index is 1260. The molecule has 8 heteroatoms. The van der Waals surface area contributed by atoms with Gasteiger partial charge in [0.15, 0.2) is 17.3 Å². The average Bonchev–Trinajstić information content (AvgIpc) is 2.87. The number of dihydropyridines is 1. The normalized spacial score (nSPS) is 19.4. The third kappa shape index (κ3) is 4.74. The molecule has 2 aliphatic rings. The molecule has 0 amide bonds. The first kappa shape index (κ1) is 25.8. The van der Waals surface area contributed by atoms with Gasteiger partial charge in [-0.25, -0.2) is 4.79 Å². The van der Waals surface area contributed by atoms with Crippen LogP contribution in [0.5, 0.6) is 17.2 Å². The SMILES string of the molecule is CCOC(=O)C1=C(C)NC2=C(C(=O)C[C@H](c3ccc(OC)c(OC)c3)C2)[C@H]1c1cc(Br)ccc1OC. The van der Waals surface area contributed by atoms with Gasteiger partial charge in [0.25, 0.3) is 0 Å². The summed E-state index contributed by atoms with van der Waals surface area (Å²) in [6, 6.07) is 11.4. The summed E-state index contributed by atoms with van der Waals surface area (Å²) in [5.74, 6) is 0.731. The highest BCUT2D eigenvalue weighted by Crippen LogP contribution is 2.48. The molecule has 36 heavy (non-hydrogen) atoms. The third-order valence-corrected chi connectivity index (χ3v) is 7.20. The van der Waals surface area contributed by atoms with Crippen LogP contribution in [0.2, 0.25) is 0 Å². The molecule has 2 aromatic rings. The maximum atomic E-state index is 13.8. The molecule has 4 rings (SSSR count). The molecule has 190 valence electrons. The molecular weight excluding hydrogens is 526 g/mol. The molecule has 0 radical (unpaired) electrons. The van der Waals surface area contributed by atoms with Gasteiger partial charge in [0.05, 0.1) is 39.4 Å². The molecule has 1 aliphatic carbocycles. The van der Waals surface area contributed by atoms with Gasteiger partial charge in [-0.15, -0.1) is 0 Å². The molecule has 0 spiro atoms. The van der Waals surface area contributed by atoms with Gasteiger partial charge in [-0.2, -0.15) is 0 Å². The zero-order chi connectivity index (χ0) is 26.0. The van der Waals surface area contributed by atoms with Crippen molar-refractivity contribution in [2.45, 2.75) is 38.5 Å². The zero-order valence-electron chi connectivity index (χ0n) is 21.1. The topological polar surface area (TPSA) is 83.1 Å². The van der Waals surface area contributed by atoms with Crippen LogP contribution in [-0.2, 0) is 14.3 Å². The van der Waals surface area contributed by atoms with Gasteiger partial charge in [0.1, 0.15) is 5.75 Å². The van der Waals surface area contributed by atoms with Crippen molar-refractivity contribution >= 4 is 27.7 Å². The van der Waals surface area contributed by atoms with Crippen LogP contribution in [0.25, 0.3) is 0 Å². The van der Waals surface area contributed by atoms with Crippen molar-refractivity contribution in [3.05, 3.63) is 74.5 Å². The van der Waals surface area contributed by atoms with E-state index in [1.807, 2.05) is 43.3 Å². The molecule has 0 bridgehead atoms. The summed E-state index contributed by atoms with van der Waals surface area (Å²) in [6.07, 6.45) is 0.911. The summed E-state index contributed by atoms with van der Waals surface area (Å²) < 4.78 is 22.7. The highest BCUT2D eigenvalue weighted by molar-refractivity contribution is 9.10. The fraction of sp³-hybridized carbons (Fsp3) is 0.357. The van der Waals surface area contributed by atoms with Crippen LogP contribution in [-0.4, -0.2) is 39.7 Å². The van der Waals surface area contributed by atoms with Gasteiger partial charge in [-0.05, 0) is 62.1 Å². The fourth-order valence-corrected chi connectivity index (χ4v) is 5.48. The minimum Gasteiger partial charge on any atom is -0.496 e. The molecule has 0 aromatic heterocycles. The van der Waals surface area contributed by atoms with E-state index in [0.717, 1.165) is 21.3 Å². The van der Waals surface area contributed by atoms with Crippen molar-refractivity contribution in [2.75, 3.05) is 27.9 Å². The Morgan fingerprint density at radius 3 is 2.36 bits per heavy atom. The summed E-state index contributed by atoms with van der Waals surface area (Å²) in [5, 5.41) is 3.37. The van der Waals surface area contributed by atoms with E-state index in [2.05, 4.69) is 21.2 Å². The summed E-state index contributed by atoms with van der Waals surface area (Å²) >= 11 is 3.54. The van der Waals surface area contributed by atoms with Crippen LogP contribution in [0.15, 0.2) is 63.4 Å². The van der Waals surface area contributed by atoms with Crippen LogP contribution >= 0.6 is 15.9 Å². The van der Waals surface area contributed by atoms with Crippen LogP contribution in [0.4, 0.5) is 0 Å². The van der Waals surface area contributed by atoms with E-state index in [9.17, 15) is 9.59 Å². The van der Waals surface area contributed by atoms with Gasteiger partial charge in [-0.1, -0.05) is 22.0 Å². The first-order valence-electron chi connectivity index (χ1n) is 11.8. The molecule has 1 heterocycles. The summed E-state index contributed by atoms with van der Waals surface area (Å²) in [6.45, 7) is 3.85. The van der Waals surface area contributed by atoms with Crippen LogP contribution in [0.3, 0.4) is 0 Å². The van der Waals surface area contributed by atoms with E-state index >= 15 is 0 Å². The lowest BCUT2D eigenvalue weighted by atomic mass is 9.71. The molecule has 0 unspecified atom stereocenters. The van der Waals surface area contributed by atoms with E-state index < -0.39 is 11.9 Å². The van der Waals surface area contributed by atoms with E-state index in [1.165, 1.54) is 0 Å².